The van der Waals surface area contributed by atoms with Crippen molar-refractivity contribution in [3.05, 3.63) is 41.8 Å². The molecule has 1 heterocycles. The molecule has 2 rings (SSSR count). The zero-order chi connectivity index (χ0) is 11.5. The maximum Gasteiger partial charge on any atom is 0.309 e. The predicted octanol–water partition coefficient (Wildman–Crippen LogP) is 2.11. The molecule has 0 bridgehead atoms. The average Bonchev–Trinajstić information content (AvgIpc) is 2.66. The van der Waals surface area contributed by atoms with Gasteiger partial charge in [-0.05, 0) is 12.1 Å². The van der Waals surface area contributed by atoms with Crippen LogP contribution in [0.1, 0.15) is 5.69 Å². The molecule has 1 aromatic heterocycles. The van der Waals surface area contributed by atoms with E-state index in [1.165, 1.54) is 12.1 Å². The van der Waals surface area contributed by atoms with Gasteiger partial charge in [0.2, 0.25) is 0 Å². The van der Waals surface area contributed by atoms with Crippen molar-refractivity contribution in [3.8, 4) is 11.3 Å². The SMILES string of the molecule is O=C(O)Cc1cc(-c2ccccc2F)on1. The Balaban J connectivity index is 2.32. The van der Waals surface area contributed by atoms with E-state index in [1.54, 1.807) is 18.2 Å². The van der Waals surface area contributed by atoms with Gasteiger partial charge in [-0.15, -0.1) is 0 Å². The second-order valence-corrected chi connectivity index (χ2v) is 3.23. The number of hydrogen-bond donors (Lipinski definition) is 1. The fraction of sp³-hybridized carbons (Fsp3) is 0.0909. The van der Waals surface area contributed by atoms with E-state index < -0.39 is 11.8 Å². The number of halogens is 1. The van der Waals surface area contributed by atoms with E-state index in [4.69, 9.17) is 9.63 Å². The molecule has 2 aromatic rings. The van der Waals surface area contributed by atoms with E-state index in [0.717, 1.165) is 0 Å². The maximum atomic E-state index is 13.3. The first-order valence-corrected chi connectivity index (χ1v) is 4.59. The molecule has 1 N–H and O–H groups in total. The van der Waals surface area contributed by atoms with Gasteiger partial charge >= 0.3 is 5.97 Å². The van der Waals surface area contributed by atoms with E-state index in [1.807, 2.05) is 0 Å². The number of nitrogens with zero attached hydrogens (tertiary/aromatic N) is 1. The van der Waals surface area contributed by atoms with Crippen LogP contribution in [0, 0.1) is 5.82 Å². The number of aliphatic carboxylic acids is 1. The van der Waals surface area contributed by atoms with E-state index in [9.17, 15) is 9.18 Å². The molecule has 0 atom stereocenters. The van der Waals surface area contributed by atoms with Crippen molar-refractivity contribution in [2.75, 3.05) is 0 Å². The van der Waals surface area contributed by atoms with Crippen LogP contribution < -0.4 is 0 Å². The Bertz CT molecular complexity index is 521. The molecule has 5 heteroatoms. The molecular weight excluding hydrogens is 213 g/mol. The quantitative estimate of drug-likeness (QED) is 0.862. The van der Waals surface area contributed by atoms with E-state index in [2.05, 4.69) is 5.16 Å². The smallest absolute Gasteiger partial charge is 0.309 e. The molecule has 0 aliphatic heterocycles. The van der Waals surface area contributed by atoms with Crippen molar-refractivity contribution in [3.63, 3.8) is 0 Å². The summed E-state index contributed by atoms with van der Waals surface area (Å²) in [6.45, 7) is 0. The lowest BCUT2D eigenvalue weighted by Gasteiger charge is -1.95. The topological polar surface area (TPSA) is 63.3 Å². The number of hydrogen-bond acceptors (Lipinski definition) is 3. The number of carboxylic acids is 1. The summed E-state index contributed by atoms with van der Waals surface area (Å²) in [5.74, 6) is -1.21. The molecule has 4 nitrogen and oxygen atoms in total. The average molecular weight is 221 g/mol. The van der Waals surface area contributed by atoms with Gasteiger partial charge in [0.05, 0.1) is 17.7 Å². The summed E-state index contributed by atoms with van der Waals surface area (Å²) in [6, 6.07) is 7.49. The molecule has 0 spiro atoms. The molecular formula is C11H8FNO3. The third-order valence-corrected chi connectivity index (χ3v) is 2.03. The van der Waals surface area contributed by atoms with Gasteiger partial charge in [0.25, 0.3) is 0 Å². The number of aromatic nitrogens is 1. The Morgan fingerprint density at radius 3 is 2.88 bits per heavy atom. The van der Waals surface area contributed by atoms with Crippen LogP contribution in [0.25, 0.3) is 11.3 Å². The zero-order valence-electron chi connectivity index (χ0n) is 8.18. The lowest BCUT2D eigenvalue weighted by Crippen LogP contribution is -1.99. The number of carbonyl (C=O) groups is 1. The van der Waals surface area contributed by atoms with Gasteiger partial charge < -0.3 is 9.63 Å². The molecule has 82 valence electrons. The van der Waals surface area contributed by atoms with Crippen molar-refractivity contribution in [1.29, 1.82) is 0 Å². The normalized spacial score (nSPS) is 10.3. The minimum Gasteiger partial charge on any atom is -0.481 e. The lowest BCUT2D eigenvalue weighted by molar-refractivity contribution is -0.136. The van der Waals surface area contributed by atoms with Crippen molar-refractivity contribution in [2.24, 2.45) is 0 Å². The molecule has 1 aromatic carbocycles. The highest BCUT2D eigenvalue weighted by atomic mass is 19.1. The van der Waals surface area contributed by atoms with Crippen LogP contribution in [0.15, 0.2) is 34.9 Å². The Labute approximate surface area is 90.3 Å². The van der Waals surface area contributed by atoms with Crippen LogP contribution in [-0.4, -0.2) is 16.2 Å². The van der Waals surface area contributed by atoms with Crippen LogP contribution in [-0.2, 0) is 11.2 Å². The minimum absolute atomic E-state index is 0.231. The number of benzene rings is 1. The van der Waals surface area contributed by atoms with Crippen LogP contribution in [0.2, 0.25) is 0 Å². The first-order chi connectivity index (χ1) is 7.66. The third-order valence-electron chi connectivity index (χ3n) is 2.03. The van der Waals surface area contributed by atoms with Crippen molar-refractivity contribution >= 4 is 5.97 Å². The highest BCUT2D eigenvalue weighted by molar-refractivity contribution is 5.70. The number of rotatable bonds is 3. The van der Waals surface area contributed by atoms with Crippen molar-refractivity contribution < 1.29 is 18.8 Å². The summed E-state index contributed by atoms with van der Waals surface area (Å²) in [6.07, 6.45) is -0.238. The van der Waals surface area contributed by atoms with Gasteiger partial charge in [0.1, 0.15) is 5.82 Å². The second-order valence-electron chi connectivity index (χ2n) is 3.23. The summed E-state index contributed by atoms with van der Waals surface area (Å²) < 4.78 is 18.2. The summed E-state index contributed by atoms with van der Waals surface area (Å²) >= 11 is 0. The fourth-order valence-corrected chi connectivity index (χ4v) is 1.34. The van der Waals surface area contributed by atoms with Crippen LogP contribution in [0.5, 0.6) is 0 Å². The van der Waals surface area contributed by atoms with Crippen LogP contribution in [0.3, 0.4) is 0 Å². The third kappa shape index (κ3) is 2.08. The first kappa shape index (κ1) is 10.4. The largest absolute Gasteiger partial charge is 0.481 e. The van der Waals surface area contributed by atoms with E-state index >= 15 is 0 Å². The first-order valence-electron chi connectivity index (χ1n) is 4.59. The van der Waals surface area contributed by atoms with Crippen LogP contribution in [0.4, 0.5) is 4.39 Å². The molecule has 0 radical (unpaired) electrons. The van der Waals surface area contributed by atoms with Gasteiger partial charge in [0, 0.05) is 6.07 Å². The Morgan fingerprint density at radius 2 is 2.19 bits per heavy atom. The molecule has 16 heavy (non-hydrogen) atoms. The second kappa shape index (κ2) is 4.14. The van der Waals surface area contributed by atoms with Gasteiger partial charge in [-0.1, -0.05) is 17.3 Å². The lowest BCUT2D eigenvalue weighted by atomic mass is 10.1. The molecule has 0 unspecified atom stereocenters. The highest BCUT2D eigenvalue weighted by Gasteiger charge is 2.12. The van der Waals surface area contributed by atoms with Gasteiger partial charge in [0.15, 0.2) is 5.76 Å². The zero-order valence-corrected chi connectivity index (χ0v) is 8.18. The number of carboxylic acid groups (broad SMARTS) is 1. The van der Waals surface area contributed by atoms with Gasteiger partial charge in [-0.3, -0.25) is 4.79 Å². The standard InChI is InChI=1S/C11H8FNO3/c12-9-4-2-1-3-8(9)10-5-7(13-16-10)6-11(14)15/h1-5H,6H2,(H,14,15). The summed E-state index contributed by atoms with van der Waals surface area (Å²) in [7, 11) is 0. The van der Waals surface area contributed by atoms with Crippen molar-refractivity contribution in [1.82, 2.24) is 5.16 Å². The predicted molar refractivity (Wildman–Crippen MR) is 53.2 cm³/mol. The van der Waals surface area contributed by atoms with Gasteiger partial charge in [-0.25, -0.2) is 4.39 Å². The monoisotopic (exact) mass is 221 g/mol. The van der Waals surface area contributed by atoms with E-state index in [-0.39, 0.29) is 23.4 Å². The Kier molecular flexibility index (Phi) is 2.68. The molecule has 0 saturated heterocycles. The molecule has 0 aliphatic rings. The molecule has 0 fully saturated rings. The maximum absolute atomic E-state index is 13.3. The minimum atomic E-state index is -1.01. The summed E-state index contributed by atoms with van der Waals surface area (Å²) in [5.41, 5.74) is 0.539. The fourth-order valence-electron chi connectivity index (χ4n) is 1.34. The molecule has 0 aliphatic carbocycles. The summed E-state index contributed by atoms with van der Waals surface area (Å²) in [4.78, 5) is 10.4. The Hall–Kier alpha value is -2.17. The Morgan fingerprint density at radius 1 is 1.44 bits per heavy atom. The van der Waals surface area contributed by atoms with Gasteiger partial charge in [-0.2, -0.15) is 0 Å². The highest BCUT2D eigenvalue weighted by Crippen LogP contribution is 2.23. The molecule has 0 amide bonds. The molecule has 0 saturated carbocycles. The van der Waals surface area contributed by atoms with Crippen molar-refractivity contribution in [2.45, 2.75) is 6.42 Å². The van der Waals surface area contributed by atoms with Crippen LogP contribution >= 0.6 is 0 Å². The van der Waals surface area contributed by atoms with E-state index in [0.29, 0.717) is 0 Å². The summed E-state index contributed by atoms with van der Waals surface area (Å²) in [5, 5.41) is 12.1.